The van der Waals surface area contributed by atoms with E-state index in [1.165, 1.54) is 65.7 Å². The Kier molecular flexibility index (Phi) is 5.27. The molecule has 0 spiro atoms. The van der Waals surface area contributed by atoms with E-state index in [9.17, 15) is 0 Å². The number of ether oxygens (including phenoxy) is 1. The highest BCUT2D eigenvalue weighted by Crippen LogP contribution is 2.50. The van der Waals surface area contributed by atoms with Gasteiger partial charge in [-0.05, 0) is 84.1 Å². The van der Waals surface area contributed by atoms with Crippen LogP contribution in [0.4, 0.5) is 0 Å². The minimum atomic E-state index is 0.898. The molecule has 0 aliphatic carbocycles. The molecule has 0 aromatic heterocycles. The second kappa shape index (κ2) is 9.44. The highest BCUT2D eigenvalue weighted by atomic mass is 16.5. The quantitative estimate of drug-likeness (QED) is 0.200. The smallest absolute Gasteiger partial charge is 0.135 e. The summed E-state index contributed by atoms with van der Waals surface area (Å²) < 4.78 is 6.59. The monoisotopic (exact) mass is 546 g/mol. The van der Waals surface area contributed by atoms with Crippen LogP contribution in [0.2, 0.25) is 0 Å². The maximum Gasteiger partial charge on any atom is 0.135 e. The fraction of sp³-hybridized carbons (Fsp3) is 0. The number of hydrogen-bond acceptors (Lipinski definition) is 1. The van der Waals surface area contributed by atoms with Crippen LogP contribution in [0.25, 0.3) is 76.8 Å². The molecule has 0 saturated carbocycles. The predicted octanol–water partition coefficient (Wildman–Crippen LogP) is 11.9. The van der Waals surface area contributed by atoms with Crippen LogP contribution in [-0.2, 0) is 0 Å². The fourth-order valence-electron chi connectivity index (χ4n) is 7.02. The molecule has 0 saturated heterocycles. The summed E-state index contributed by atoms with van der Waals surface area (Å²) >= 11 is 0. The van der Waals surface area contributed by atoms with Crippen LogP contribution in [-0.4, -0.2) is 0 Å². The molecule has 1 aliphatic heterocycles. The van der Waals surface area contributed by atoms with Crippen molar-refractivity contribution < 1.29 is 4.74 Å². The average Bonchev–Trinajstić information content (AvgIpc) is 3.07. The summed E-state index contributed by atoms with van der Waals surface area (Å²) in [7, 11) is 0. The van der Waals surface area contributed by atoms with Gasteiger partial charge in [0.15, 0.2) is 0 Å². The van der Waals surface area contributed by atoms with Gasteiger partial charge in [-0.1, -0.05) is 140 Å². The van der Waals surface area contributed by atoms with E-state index in [-0.39, 0.29) is 0 Å². The molecule has 8 aromatic rings. The summed E-state index contributed by atoms with van der Waals surface area (Å²) in [5.74, 6) is 1.82. The Balaban J connectivity index is 1.32. The van der Waals surface area contributed by atoms with Crippen LogP contribution in [0, 0.1) is 0 Å². The average molecular weight is 547 g/mol. The Bertz CT molecular complexity index is 2300. The van der Waals surface area contributed by atoms with Crippen molar-refractivity contribution in [2.45, 2.75) is 0 Å². The summed E-state index contributed by atoms with van der Waals surface area (Å²) in [5, 5.41) is 7.34. The lowest BCUT2D eigenvalue weighted by Gasteiger charge is -2.23. The van der Waals surface area contributed by atoms with Crippen molar-refractivity contribution in [3.8, 4) is 56.0 Å². The first-order chi connectivity index (χ1) is 21.3. The van der Waals surface area contributed by atoms with Crippen molar-refractivity contribution in [3.63, 3.8) is 0 Å². The zero-order valence-electron chi connectivity index (χ0n) is 23.4. The number of benzene rings is 8. The summed E-state index contributed by atoms with van der Waals surface area (Å²) in [4.78, 5) is 0. The molecule has 8 aromatic carbocycles. The SMILES string of the molecule is c1ccc(-c2ccccc2-c2c3ccccc3c(-c3ccc4c(c3)Oc3cccc5cccc-4c35)c3ccccc23)cc1. The van der Waals surface area contributed by atoms with Gasteiger partial charge in [0.2, 0.25) is 0 Å². The molecular formula is C42H26O. The van der Waals surface area contributed by atoms with E-state index >= 15 is 0 Å². The number of fused-ring (bicyclic) bond motifs is 4. The molecule has 0 unspecified atom stereocenters. The molecule has 0 fully saturated rings. The summed E-state index contributed by atoms with van der Waals surface area (Å²) in [5.41, 5.74) is 9.71. The van der Waals surface area contributed by atoms with E-state index in [0.717, 1.165) is 22.6 Å². The van der Waals surface area contributed by atoms with Crippen LogP contribution in [0.5, 0.6) is 11.5 Å². The first-order valence-corrected chi connectivity index (χ1v) is 14.8. The van der Waals surface area contributed by atoms with Crippen LogP contribution >= 0.6 is 0 Å². The minimum Gasteiger partial charge on any atom is -0.456 e. The van der Waals surface area contributed by atoms with Gasteiger partial charge in [0.05, 0.1) is 0 Å². The first kappa shape index (κ1) is 24.0. The molecule has 1 nitrogen and oxygen atoms in total. The second-order valence-corrected chi connectivity index (χ2v) is 11.2. The lowest BCUT2D eigenvalue weighted by atomic mass is 9.83. The van der Waals surface area contributed by atoms with E-state index in [0.29, 0.717) is 0 Å². The highest BCUT2D eigenvalue weighted by Gasteiger charge is 2.23. The van der Waals surface area contributed by atoms with Gasteiger partial charge in [-0.15, -0.1) is 0 Å². The first-order valence-electron chi connectivity index (χ1n) is 14.8. The molecule has 0 bridgehead atoms. The minimum absolute atomic E-state index is 0.898. The van der Waals surface area contributed by atoms with E-state index in [1.54, 1.807) is 0 Å². The Morgan fingerprint density at radius 2 is 0.907 bits per heavy atom. The van der Waals surface area contributed by atoms with E-state index in [1.807, 2.05) is 0 Å². The van der Waals surface area contributed by atoms with Crippen molar-refractivity contribution in [2.75, 3.05) is 0 Å². The van der Waals surface area contributed by atoms with Crippen LogP contribution in [0.15, 0.2) is 158 Å². The van der Waals surface area contributed by atoms with Crippen LogP contribution < -0.4 is 4.74 Å². The van der Waals surface area contributed by atoms with Crippen molar-refractivity contribution in [3.05, 3.63) is 158 Å². The summed E-state index contributed by atoms with van der Waals surface area (Å²) in [6.45, 7) is 0. The molecule has 43 heavy (non-hydrogen) atoms. The molecule has 0 atom stereocenters. The lowest BCUT2D eigenvalue weighted by Crippen LogP contribution is -1.98. The molecule has 1 heteroatoms. The van der Waals surface area contributed by atoms with E-state index in [2.05, 4.69) is 158 Å². The number of hydrogen-bond donors (Lipinski definition) is 0. The third kappa shape index (κ3) is 3.65. The van der Waals surface area contributed by atoms with Gasteiger partial charge >= 0.3 is 0 Å². The third-order valence-electron chi connectivity index (χ3n) is 8.86. The Morgan fingerprint density at radius 1 is 0.326 bits per heavy atom. The van der Waals surface area contributed by atoms with Gasteiger partial charge in [-0.3, -0.25) is 0 Å². The Morgan fingerprint density at radius 3 is 1.63 bits per heavy atom. The normalized spacial score (nSPS) is 11.9. The van der Waals surface area contributed by atoms with Gasteiger partial charge in [-0.25, -0.2) is 0 Å². The Labute approximate surface area is 250 Å². The van der Waals surface area contributed by atoms with Crippen molar-refractivity contribution in [1.29, 1.82) is 0 Å². The van der Waals surface area contributed by atoms with Gasteiger partial charge in [-0.2, -0.15) is 0 Å². The van der Waals surface area contributed by atoms with Gasteiger partial charge in [0, 0.05) is 10.9 Å². The second-order valence-electron chi connectivity index (χ2n) is 11.2. The molecule has 9 rings (SSSR count). The topological polar surface area (TPSA) is 9.23 Å². The number of rotatable bonds is 3. The van der Waals surface area contributed by atoms with Gasteiger partial charge in [0.1, 0.15) is 11.5 Å². The van der Waals surface area contributed by atoms with E-state index in [4.69, 9.17) is 4.74 Å². The van der Waals surface area contributed by atoms with Crippen LogP contribution in [0.1, 0.15) is 0 Å². The third-order valence-corrected chi connectivity index (χ3v) is 8.86. The van der Waals surface area contributed by atoms with Gasteiger partial charge < -0.3 is 4.74 Å². The standard InChI is InChI=1S/C42H26O/c1-2-12-27(13-3-1)30-16-4-5-17-32(30)42-36-20-8-6-18-34(36)40(35-19-7-9-21-37(35)42)29-24-25-31-33-22-10-14-28-15-11-23-38(41(28)33)43-39(31)26-29/h1-26H. The zero-order valence-corrected chi connectivity index (χ0v) is 23.4. The lowest BCUT2D eigenvalue weighted by molar-refractivity contribution is 0.487. The van der Waals surface area contributed by atoms with Crippen molar-refractivity contribution in [2.24, 2.45) is 0 Å². The van der Waals surface area contributed by atoms with Crippen molar-refractivity contribution in [1.82, 2.24) is 0 Å². The highest BCUT2D eigenvalue weighted by molar-refractivity contribution is 6.22. The molecule has 0 N–H and O–H groups in total. The fourth-order valence-corrected chi connectivity index (χ4v) is 7.02. The molecule has 0 radical (unpaired) electrons. The molecular weight excluding hydrogens is 520 g/mol. The predicted molar refractivity (Wildman–Crippen MR) is 181 cm³/mol. The molecule has 1 aliphatic rings. The summed E-state index contributed by atoms with van der Waals surface area (Å²) in [6.07, 6.45) is 0. The maximum absolute atomic E-state index is 6.59. The summed E-state index contributed by atoms with van der Waals surface area (Å²) in [6, 6.07) is 56.7. The van der Waals surface area contributed by atoms with Gasteiger partial charge in [0.25, 0.3) is 0 Å². The maximum atomic E-state index is 6.59. The molecule has 0 amide bonds. The van der Waals surface area contributed by atoms with E-state index < -0.39 is 0 Å². The molecule has 1 heterocycles. The zero-order chi connectivity index (χ0) is 28.3. The largest absolute Gasteiger partial charge is 0.456 e. The molecule has 200 valence electrons. The van der Waals surface area contributed by atoms with Crippen molar-refractivity contribution >= 4 is 32.3 Å². The Hall–Kier alpha value is -5.66. The van der Waals surface area contributed by atoms with Crippen LogP contribution in [0.3, 0.4) is 0 Å².